The number of nitrogens with zero attached hydrogens (tertiary/aromatic N) is 1. The van der Waals surface area contributed by atoms with E-state index in [4.69, 9.17) is 18.9 Å². The van der Waals surface area contributed by atoms with Crippen LogP contribution in [-0.2, 0) is 6.54 Å². The van der Waals surface area contributed by atoms with Crippen LogP contribution in [0.4, 0.5) is 0 Å². The molecule has 0 bridgehead atoms. The van der Waals surface area contributed by atoms with Crippen LogP contribution in [0.25, 0.3) is 10.9 Å². The largest absolute Gasteiger partial charge is 0.497 e. The minimum Gasteiger partial charge on any atom is -0.497 e. The molecule has 0 amide bonds. The molecule has 0 saturated carbocycles. The smallest absolute Gasteiger partial charge is 0.200 e. The summed E-state index contributed by atoms with van der Waals surface area (Å²) in [4.78, 5) is 26.8. The molecule has 4 rings (SSSR count). The van der Waals surface area contributed by atoms with Gasteiger partial charge in [-0.1, -0.05) is 12.1 Å². The van der Waals surface area contributed by atoms with Crippen LogP contribution in [0.5, 0.6) is 23.0 Å². The Kier molecular flexibility index (Phi) is 6.54. The Morgan fingerprint density at radius 3 is 1.88 bits per heavy atom. The maximum absolute atomic E-state index is 13.5. The van der Waals surface area contributed by atoms with Gasteiger partial charge in [0.25, 0.3) is 0 Å². The molecule has 0 aliphatic heterocycles. The first-order chi connectivity index (χ1) is 16.5. The molecule has 0 aliphatic carbocycles. The number of pyridine rings is 1. The normalized spacial score (nSPS) is 10.7. The van der Waals surface area contributed by atoms with Gasteiger partial charge in [0, 0.05) is 24.4 Å². The molecule has 0 spiro atoms. The molecule has 0 fully saturated rings. The van der Waals surface area contributed by atoms with Gasteiger partial charge in [-0.2, -0.15) is 0 Å². The molecule has 1 aromatic heterocycles. The van der Waals surface area contributed by atoms with Crippen LogP contribution in [0, 0.1) is 0 Å². The number of aromatic nitrogens is 1. The first-order valence-corrected chi connectivity index (χ1v) is 10.6. The Hall–Kier alpha value is -4.26. The van der Waals surface area contributed by atoms with E-state index >= 15 is 0 Å². The van der Waals surface area contributed by atoms with Gasteiger partial charge >= 0.3 is 0 Å². The lowest BCUT2D eigenvalue weighted by molar-refractivity contribution is 0.103. The summed E-state index contributed by atoms with van der Waals surface area (Å²) in [5.74, 6) is 1.91. The first kappa shape index (κ1) is 22.9. The maximum Gasteiger partial charge on any atom is 0.200 e. The Labute approximate surface area is 197 Å². The summed E-state index contributed by atoms with van der Waals surface area (Å²) in [6.45, 7) is 0.430. The molecular formula is C27H25NO6. The van der Waals surface area contributed by atoms with Crippen molar-refractivity contribution in [1.29, 1.82) is 0 Å². The zero-order valence-corrected chi connectivity index (χ0v) is 19.5. The van der Waals surface area contributed by atoms with Gasteiger partial charge in [0.1, 0.15) is 11.5 Å². The summed E-state index contributed by atoms with van der Waals surface area (Å²) < 4.78 is 23.2. The van der Waals surface area contributed by atoms with E-state index in [-0.39, 0.29) is 16.8 Å². The van der Waals surface area contributed by atoms with Gasteiger partial charge in [-0.3, -0.25) is 9.59 Å². The summed E-state index contributed by atoms with van der Waals surface area (Å²) in [5, 5.41) is 0.366. The van der Waals surface area contributed by atoms with Crippen LogP contribution in [0.2, 0.25) is 0 Å². The highest BCUT2D eigenvalue weighted by molar-refractivity contribution is 6.10. The number of carbonyl (C=O) groups excluding carboxylic acids is 1. The Morgan fingerprint density at radius 2 is 1.32 bits per heavy atom. The van der Waals surface area contributed by atoms with Crippen molar-refractivity contribution in [3.63, 3.8) is 0 Å². The molecule has 4 aromatic rings. The summed E-state index contributed by atoms with van der Waals surface area (Å²) >= 11 is 0. The van der Waals surface area contributed by atoms with Crippen LogP contribution in [0.15, 0.2) is 71.7 Å². The predicted molar refractivity (Wildman–Crippen MR) is 130 cm³/mol. The number of hydrogen-bond acceptors (Lipinski definition) is 6. The average Bonchev–Trinajstić information content (AvgIpc) is 2.89. The molecule has 7 nitrogen and oxygen atoms in total. The second-order valence-electron chi connectivity index (χ2n) is 7.63. The summed E-state index contributed by atoms with van der Waals surface area (Å²) in [7, 11) is 6.21. The standard InChI is InChI=1S/C27H25NO6/c1-31-19-9-5-17(6-10-19)15-28-16-22(26(29)18-7-11-20(32-2)12-8-18)27(30)21-13-24(33-3)25(34-4)14-23(21)28/h5-14,16H,15H2,1-4H3. The molecule has 0 atom stereocenters. The highest BCUT2D eigenvalue weighted by Gasteiger charge is 2.20. The van der Waals surface area contributed by atoms with Crippen molar-refractivity contribution in [2.75, 3.05) is 28.4 Å². The molecule has 0 saturated heterocycles. The fraction of sp³-hybridized carbons (Fsp3) is 0.185. The second kappa shape index (κ2) is 9.70. The lowest BCUT2D eigenvalue weighted by Crippen LogP contribution is -2.20. The Morgan fingerprint density at radius 1 is 0.765 bits per heavy atom. The van der Waals surface area contributed by atoms with Crippen molar-refractivity contribution in [1.82, 2.24) is 4.57 Å². The number of ether oxygens (including phenoxy) is 4. The van der Waals surface area contributed by atoms with E-state index in [1.807, 2.05) is 28.8 Å². The van der Waals surface area contributed by atoms with E-state index in [9.17, 15) is 9.59 Å². The molecule has 3 aromatic carbocycles. The zero-order valence-electron chi connectivity index (χ0n) is 19.5. The number of fused-ring (bicyclic) bond motifs is 1. The monoisotopic (exact) mass is 459 g/mol. The number of methoxy groups -OCH3 is 4. The predicted octanol–water partition coefficient (Wildman–Crippen LogP) is 4.32. The fourth-order valence-electron chi connectivity index (χ4n) is 3.83. The number of ketones is 1. The minimum absolute atomic E-state index is 0.0680. The molecule has 0 radical (unpaired) electrons. The molecule has 0 N–H and O–H groups in total. The van der Waals surface area contributed by atoms with E-state index in [1.165, 1.54) is 14.2 Å². The van der Waals surface area contributed by atoms with Crippen LogP contribution in [0.3, 0.4) is 0 Å². The topological polar surface area (TPSA) is 76.0 Å². The van der Waals surface area contributed by atoms with Crippen LogP contribution < -0.4 is 24.4 Å². The fourth-order valence-corrected chi connectivity index (χ4v) is 3.83. The van der Waals surface area contributed by atoms with Crippen LogP contribution in [0.1, 0.15) is 21.5 Å². The van der Waals surface area contributed by atoms with Gasteiger partial charge in [-0.15, -0.1) is 0 Å². The van der Waals surface area contributed by atoms with Crippen LogP contribution in [-0.4, -0.2) is 38.8 Å². The first-order valence-electron chi connectivity index (χ1n) is 10.6. The van der Waals surface area contributed by atoms with Crippen molar-refractivity contribution < 1.29 is 23.7 Å². The average molecular weight is 459 g/mol. The van der Waals surface area contributed by atoms with E-state index in [0.29, 0.717) is 40.3 Å². The minimum atomic E-state index is -0.372. The molecule has 0 unspecified atom stereocenters. The highest BCUT2D eigenvalue weighted by atomic mass is 16.5. The highest BCUT2D eigenvalue weighted by Crippen LogP contribution is 2.31. The Balaban J connectivity index is 1.90. The zero-order chi connectivity index (χ0) is 24.2. The van der Waals surface area contributed by atoms with Gasteiger partial charge in [0.2, 0.25) is 5.43 Å². The summed E-state index contributed by atoms with van der Waals surface area (Å²) in [6.07, 6.45) is 1.60. The van der Waals surface area contributed by atoms with E-state index in [2.05, 4.69) is 0 Å². The Bertz CT molecular complexity index is 1390. The molecule has 1 heterocycles. The van der Waals surface area contributed by atoms with Crippen LogP contribution >= 0.6 is 0 Å². The lowest BCUT2D eigenvalue weighted by Gasteiger charge is -2.16. The third kappa shape index (κ3) is 4.32. The molecule has 7 heteroatoms. The molecule has 0 aliphatic rings. The quantitative estimate of drug-likeness (QED) is 0.366. The number of hydrogen-bond donors (Lipinski definition) is 0. The van der Waals surface area contributed by atoms with Crippen molar-refractivity contribution in [2.45, 2.75) is 6.54 Å². The van der Waals surface area contributed by atoms with Crippen molar-refractivity contribution >= 4 is 16.7 Å². The SMILES string of the molecule is COc1ccc(Cn2cc(C(=O)c3ccc(OC)cc3)c(=O)c3cc(OC)c(OC)cc32)cc1. The van der Waals surface area contributed by atoms with Gasteiger partial charge < -0.3 is 23.5 Å². The molecule has 34 heavy (non-hydrogen) atoms. The lowest BCUT2D eigenvalue weighted by atomic mass is 10.0. The maximum atomic E-state index is 13.5. The summed E-state index contributed by atoms with van der Waals surface area (Å²) in [6, 6.07) is 17.7. The number of carbonyl (C=O) groups is 1. The van der Waals surface area contributed by atoms with Gasteiger partial charge in [0.15, 0.2) is 17.3 Å². The number of rotatable bonds is 8. The van der Waals surface area contributed by atoms with Gasteiger partial charge in [0.05, 0.1) is 44.9 Å². The van der Waals surface area contributed by atoms with E-state index < -0.39 is 0 Å². The second-order valence-corrected chi connectivity index (χ2v) is 7.63. The number of benzene rings is 3. The van der Waals surface area contributed by atoms with Crippen molar-refractivity contribution in [3.05, 3.63) is 93.8 Å². The van der Waals surface area contributed by atoms with Gasteiger partial charge in [-0.05, 0) is 48.0 Å². The van der Waals surface area contributed by atoms with E-state index in [1.54, 1.807) is 56.8 Å². The third-order valence-corrected chi connectivity index (χ3v) is 5.69. The van der Waals surface area contributed by atoms with Crippen molar-refractivity contribution in [2.24, 2.45) is 0 Å². The van der Waals surface area contributed by atoms with Gasteiger partial charge in [-0.25, -0.2) is 0 Å². The van der Waals surface area contributed by atoms with Crippen molar-refractivity contribution in [3.8, 4) is 23.0 Å². The van der Waals surface area contributed by atoms with E-state index in [0.717, 1.165) is 11.3 Å². The molecule has 174 valence electrons. The molecular weight excluding hydrogens is 434 g/mol. The summed E-state index contributed by atoms with van der Waals surface area (Å²) in [5.41, 5.74) is 1.70. The third-order valence-electron chi connectivity index (χ3n) is 5.69.